The van der Waals surface area contributed by atoms with Gasteiger partial charge < -0.3 is 22.1 Å². The normalized spacial score (nSPS) is 15.3. The minimum absolute atomic E-state index is 0.0400. The van der Waals surface area contributed by atoms with E-state index in [2.05, 4.69) is 10.6 Å². The molecule has 1 heterocycles. The monoisotopic (exact) mass is 432 g/mol. The number of hydrogen-bond donors (Lipinski definition) is 4. The zero-order chi connectivity index (χ0) is 21.8. The van der Waals surface area contributed by atoms with E-state index in [0.717, 1.165) is 40.9 Å². The van der Waals surface area contributed by atoms with Crippen LogP contribution in [-0.4, -0.2) is 12.5 Å². The van der Waals surface area contributed by atoms with Crippen LogP contribution in [0.15, 0.2) is 72.8 Å². The van der Waals surface area contributed by atoms with E-state index in [-0.39, 0.29) is 11.9 Å². The highest BCUT2D eigenvalue weighted by molar-refractivity contribution is 6.38. The summed E-state index contributed by atoms with van der Waals surface area (Å²) in [5.41, 5.74) is 17.6. The number of fused-ring (bicyclic) bond motifs is 1. The molecule has 3 aromatic rings. The second-order valence-corrected chi connectivity index (χ2v) is 7.98. The smallest absolute Gasteiger partial charge is 0.258 e. The van der Waals surface area contributed by atoms with Crippen molar-refractivity contribution in [2.45, 2.75) is 18.9 Å². The molecule has 4 rings (SSSR count). The van der Waals surface area contributed by atoms with Crippen LogP contribution in [0.3, 0.4) is 0 Å². The summed E-state index contributed by atoms with van der Waals surface area (Å²) < 4.78 is 0. The van der Waals surface area contributed by atoms with Gasteiger partial charge >= 0.3 is 0 Å². The van der Waals surface area contributed by atoms with Crippen LogP contribution >= 0.6 is 11.6 Å². The zero-order valence-electron chi connectivity index (χ0n) is 17.1. The highest BCUT2D eigenvalue weighted by Gasteiger charge is 2.28. The topological polar surface area (TPSA) is 93.2 Å². The molecule has 6 heteroatoms. The van der Waals surface area contributed by atoms with Crippen LogP contribution in [0.25, 0.3) is 11.3 Å². The lowest BCUT2D eigenvalue weighted by atomic mass is 9.99. The van der Waals surface area contributed by atoms with Crippen molar-refractivity contribution < 1.29 is 4.79 Å². The number of carbonyl (C=O) groups is 1. The van der Waals surface area contributed by atoms with Gasteiger partial charge in [0.15, 0.2) is 0 Å². The molecule has 5 nitrogen and oxygen atoms in total. The number of amides is 1. The number of rotatable bonds is 7. The van der Waals surface area contributed by atoms with Gasteiger partial charge in [0.05, 0.1) is 17.0 Å². The molecular formula is C25H25ClN4O. The Bertz CT molecular complexity index is 1110. The molecule has 0 bridgehead atoms. The van der Waals surface area contributed by atoms with Gasteiger partial charge in [-0.2, -0.15) is 0 Å². The fourth-order valence-corrected chi connectivity index (χ4v) is 3.91. The van der Waals surface area contributed by atoms with Gasteiger partial charge in [0.25, 0.3) is 5.91 Å². The Kier molecular flexibility index (Phi) is 6.37. The molecule has 0 fully saturated rings. The average molecular weight is 433 g/mol. The molecule has 0 radical (unpaired) electrons. The van der Waals surface area contributed by atoms with Gasteiger partial charge in [0, 0.05) is 22.3 Å². The number of anilines is 2. The van der Waals surface area contributed by atoms with Crippen LogP contribution in [-0.2, 0) is 4.79 Å². The maximum absolute atomic E-state index is 12.9. The standard InChI is InChI=1S/C25H25ClN4O/c26-18-10-13-20-22(15-18)30-25(31)23(20)24(17-5-2-1-3-6-17)29-19-11-8-16(9-12-19)21(28)7-4-14-27/h1-3,5-6,8-13,15,21,29H,4,7,14,27-28H2,(H,30,31). The van der Waals surface area contributed by atoms with Gasteiger partial charge in [-0.1, -0.05) is 60.1 Å². The van der Waals surface area contributed by atoms with E-state index < -0.39 is 0 Å². The van der Waals surface area contributed by atoms with Crippen LogP contribution in [0.1, 0.15) is 35.6 Å². The Balaban J connectivity index is 1.72. The third kappa shape index (κ3) is 4.64. The van der Waals surface area contributed by atoms with Crippen molar-refractivity contribution in [3.63, 3.8) is 0 Å². The molecule has 1 aliphatic heterocycles. The zero-order valence-corrected chi connectivity index (χ0v) is 17.8. The van der Waals surface area contributed by atoms with Crippen LogP contribution in [0.2, 0.25) is 5.02 Å². The quantitative estimate of drug-likeness (QED) is 0.395. The van der Waals surface area contributed by atoms with E-state index in [1.54, 1.807) is 12.1 Å². The highest BCUT2D eigenvalue weighted by atomic mass is 35.5. The number of halogens is 1. The molecule has 1 aliphatic rings. The van der Waals surface area contributed by atoms with Crippen molar-refractivity contribution in [1.82, 2.24) is 0 Å². The molecule has 0 spiro atoms. The molecular weight excluding hydrogens is 408 g/mol. The summed E-state index contributed by atoms with van der Waals surface area (Å²) in [4.78, 5) is 12.9. The Morgan fingerprint density at radius 2 is 1.77 bits per heavy atom. The van der Waals surface area contributed by atoms with Crippen molar-refractivity contribution in [3.05, 3.63) is 94.5 Å². The molecule has 1 atom stereocenters. The SMILES string of the molecule is NCCCC(N)c1ccc(NC(=C2C(=O)Nc3cc(Cl)ccc32)c2ccccc2)cc1. The lowest BCUT2D eigenvalue weighted by Crippen LogP contribution is -2.13. The van der Waals surface area contributed by atoms with Crippen molar-refractivity contribution in [2.24, 2.45) is 11.5 Å². The second-order valence-electron chi connectivity index (χ2n) is 7.54. The summed E-state index contributed by atoms with van der Waals surface area (Å²) in [5.74, 6) is -0.163. The molecule has 1 amide bonds. The van der Waals surface area contributed by atoms with Crippen molar-refractivity contribution in [2.75, 3.05) is 17.2 Å². The number of carbonyl (C=O) groups excluding carboxylic acids is 1. The highest BCUT2D eigenvalue weighted by Crippen LogP contribution is 2.38. The number of hydrogen-bond acceptors (Lipinski definition) is 4. The summed E-state index contributed by atoms with van der Waals surface area (Å²) in [5, 5.41) is 6.96. The maximum atomic E-state index is 12.9. The molecule has 6 N–H and O–H groups in total. The predicted octanol–water partition coefficient (Wildman–Crippen LogP) is 5.01. The summed E-state index contributed by atoms with van der Waals surface area (Å²) in [7, 11) is 0. The molecule has 1 unspecified atom stereocenters. The van der Waals surface area contributed by atoms with Crippen LogP contribution < -0.4 is 22.1 Å². The summed E-state index contributed by atoms with van der Waals surface area (Å²) in [6.07, 6.45) is 1.74. The van der Waals surface area contributed by atoms with E-state index in [9.17, 15) is 4.79 Å². The van der Waals surface area contributed by atoms with Gasteiger partial charge in [0.1, 0.15) is 0 Å². The number of nitrogens with two attached hydrogens (primary N) is 2. The van der Waals surface area contributed by atoms with Gasteiger partial charge in [-0.05, 0) is 54.8 Å². The Labute approximate surface area is 187 Å². The maximum Gasteiger partial charge on any atom is 0.258 e. The van der Waals surface area contributed by atoms with E-state index in [4.69, 9.17) is 23.1 Å². The predicted molar refractivity (Wildman–Crippen MR) is 129 cm³/mol. The van der Waals surface area contributed by atoms with E-state index in [1.807, 2.05) is 60.7 Å². The van der Waals surface area contributed by atoms with Gasteiger partial charge in [-0.15, -0.1) is 0 Å². The van der Waals surface area contributed by atoms with Crippen molar-refractivity contribution in [1.29, 1.82) is 0 Å². The lowest BCUT2D eigenvalue weighted by molar-refractivity contribution is -0.110. The Morgan fingerprint density at radius 3 is 2.48 bits per heavy atom. The number of benzene rings is 3. The Hall–Kier alpha value is -3.12. The second kappa shape index (κ2) is 9.35. The molecule has 3 aromatic carbocycles. The summed E-state index contributed by atoms with van der Waals surface area (Å²) >= 11 is 6.12. The third-order valence-corrected chi connectivity index (χ3v) is 5.60. The number of nitrogens with one attached hydrogen (secondary N) is 2. The molecule has 0 saturated heterocycles. The van der Waals surface area contributed by atoms with Gasteiger partial charge in [-0.25, -0.2) is 0 Å². The molecule has 0 aliphatic carbocycles. The van der Waals surface area contributed by atoms with E-state index in [0.29, 0.717) is 22.8 Å². The van der Waals surface area contributed by atoms with Crippen molar-refractivity contribution in [3.8, 4) is 0 Å². The molecule has 0 saturated carbocycles. The first-order valence-electron chi connectivity index (χ1n) is 10.3. The first-order valence-corrected chi connectivity index (χ1v) is 10.7. The van der Waals surface area contributed by atoms with Crippen molar-refractivity contribution >= 4 is 40.2 Å². The minimum atomic E-state index is -0.163. The largest absolute Gasteiger partial charge is 0.354 e. The summed E-state index contributed by atoms with van der Waals surface area (Å²) in [6, 6.07) is 23.2. The molecule has 0 aromatic heterocycles. The van der Waals surface area contributed by atoms with Crippen LogP contribution in [0.5, 0.6) is 0 Å². The first-order chi connectivity index (χ1) is 15.1. The van der Waals surface area contributed by atoms with E-state index in [1.165, 1.54) is 0 Å². The fourth-order valence-electron chi connectivity index (χ4n) is 3.74. The summed E-state index contributed by atoms with van der Waals surface area (Å²) in [6.45, 7) is 0.635. The fraction of sp³-hybridized carbons (Fsp3) is 0.160. The molecule has 158 valence electrons. The van der Waals surface area contributed by atoms with Crippen LogP contribution in [0, 0.1) is 0 Å². The van der Waals surface area contributed by atoms with Crippen LogP contribution in [0.4, 0.5) is 11.4 Å². The Morgan fingerprint density at radius 1 is 1.03 bits per heavy atom. The van der Waals surface area contributed by atoms with Gasteiger partial charge in [-0.3, -0.25) is 4.79 Å². The molecule has 31 heavy (non-hydrogen) atoms. The minimum Gasteiger partial charge on any atom is -0.354 e. The van der Waals surface area contributed by atoms with Gasteiger partial charge in [0.2, 0.25) is 0 Å². The van der Waals surface area contributed by atoms with E-state index >= 15 is 0 Å². The third-order valence-electron chi connectivity index (χ3n) is 5.37. The lowest BCUT2D eigenvalue weighted by Gasteiger charge is -2.16. The average Bonchev–Trinajstić information content (AvgIpc) is 3.11. The first kappa shape index (κ1) is 21.1.